The van der Waals surface area contributed by atoms with E-state index in [4.69, 9.17) is 5.11 Å². The molecule has 0 aromatic rings. The zero-order chi connectivity index (χ0) is 11.7. The zero-order valence-corrected chi connectivity index (χ0v) is 9.68. The molecule has 0 saturated heterocycles. The molecule has 0 spiro atoms. The minimum Gasteiger partial charge on any atom is -0.481 e. The van der Waals surface area contributed by atoms with Crippen LogP contribution in [0.15, 0.2) is 24.4 Å². The molecule has 0 amide bonds. The van der Waals surface area contributed by atoms with Crippen molar-refractivity contribution in [1.82, 2.24) is 10.0 Å². The highest BCUT2D eigenvalue weighted by atomic mass is 16.4. The van der Waals surface area contributed by atoms with Crippen molar-refractivity contribution in [2.75, 3.05) is 20.6 Å². The maximum atomic E-state index is 9.60. The van der Waals surface area contributed by atoms with Gasteiger partial charge in [-0.1, -0.05) is 19.1 Å². The Morgan fingerprint density at radius 2 is 2.13 bits per heavy atom. The first kappa shape index (κ1) is 13.7. The van der Waals surface area contributed by atoms with Crippen molar-refractivity contribution in [2.45, 2.75) is 19.8 Å². The van der Waals surface area contributed by atoms with Gasteiger partial charge in [-0.3, -0.25) is 4.79 Å². The minimum absolute atomic E-state index is 0.292. The second-order valence-corrected chi connectivity index (χ2v) is 3.38. The largest absolute Gasteiger partial charge is 0.481 e. The van der Waals surface area contributed by atoms with E-state index in [1.54, 1.807) is 0 Å². The van der Waals surface area contributed by atoms with Crippen molar-refractivity contribution in [3.05, 3.63) is 24.4 Å². The predicted molar refractivity (Wildman–Crippen MR) is 61.2 cm³/mol. The van der Waals surface area contributed by atoms with E-state index in [1.165, 1.54) is 0 Å². The van der Waals surface area contributed by atoms with Crippen molar-refractivity contribution >= 4 is 5.97 Å². The van der Waals surface area contributed by atoms with Crippen LogP contribution >= 0.6 is 0 Å². The number of carboxylic acids is 1. The predicted octanol–water partition coefficient (Wildman–Crippen LogP) is 1.72. The molecule has 86 valence electrons. The van der Waals surface area contributed by atoms with Gasteiger partial charge in [-0.15, -0.1) is 0 Å². The lowest BCUT2D eigenvalue weighted by Gasteiger charge is -2.27. The molecular formula is C11H20N2O2. The van der Waals surface area contributed by atoms with Gasteiger partial charge in [0.15, 0.2) is 0 Å². The molecular weight excluding hydrogens is 192 g/mol. The van der Waals surface area contributed by atoms with Crippen LogP contribution < -0.4 is 0 Å². The van der Waals surface area contributed by atoms with E-state index in [0.717, 1.165) is 13.0 Å². The minimum atomic E-state index is -0.711. The number of aliphatic carboxylic acids is 1. The van der Waals surface area contributed by atoms with E-state index >= 15 is 0 Å². The standard InChI is InChI=1S/C7H12N2.C4H8O2/c1-8(2)9-6-4-3-5-7-9;1-2-3-4(5)6/h3-6H,7H2,1-2H3;2-3H2,1H3,(H,5,6). The van der Waals surface area contributed by atoms with Gasteiger partial charge in [0.1, 0.15) is 0 Å². The van der Waals surface area contributed by atoms with Crippen LogP contribution in [0, 0.1) is 0 Å². The summed E-state index contributed by atoms with van der Waals surface area (Å²) in [6.07, 6.45) is 9.29. The van der Waals surface area contributed by atoms with Crippen LogP contribution in [-0.4, -0.2) is 41.7 Å². The Labute approximate surface area is 91.5 Å². The Morgan fingerprint density at radius 3 is 2.33 bits per heavy atom. The quantitative estimate of drug-likeness (QED) is 0.773. The summed E-state index contributed by atoms with van der Waals surface area (Å²) in [5.74, 6) is -0.711. The SMILES string of the molecule is CCCC(=O)O.CN(C)N1C=CC=CC1. The molecule has 1 aliphatic rings. The summed E-state index contributed by atoms with van der Waals surface area (Å²) in [5, 5.41) is 12.1. The summed E-state index contributed by atoms with van der Waals surface area (Å²) in [4.78, 5) is 9.60. The van der Waals surface area contributed by atoms with Gasteiger partial charge in [-0.25, -0.2) is 5.01 Å². The fourth-order valence-corrected chi connectivity index (χ4v) is 0.968. The first-order valence-electron chi connectivity index (χ1n) is 5.07. The zero-order valence-electron chi connectivity index (χ0n) is 9.68. The molecule has 1 heterocycles. The summed E-state index contributed by atoms with van der Waals surface area (Å²) < 4.78 is 0. The number of carboxylic acid groups (broad SMARTS) is 1. The van der Waals surface area contributed by atoms with Crippen molar-refractivity contribution in [3.8, 4) is 0 Å². The Bertz CT molecular complexity index is 235. The number of hydrogen-bond donors (Lipinski definition) is 1. The number of carbonyl (C=O) groups is 1. The highest BCUT2D eigenvalue weighted by molar-refractivity contribution is 5.66. The monoisotopic (exact) mass is 212 g/mol. The summed E-state index contributed by atoms with van der Waals surface area (Å²) >= 11 is 0. The van der Waals surface area contributed by atoms with Crippen molar-refractivity contribution < 1.29 is 9.90 Å². The van der Waals surface area contributed by atoms with Gasteiger partial charge in [-0.05, 0) is 12.5 Å². The van der Waals surface area contributed by atoms with Crippen molar-refractivity contribution in [3.63, 3.8) is 0 Å². The summed E-state index contributed by atoms with van der Waals surface area (Å²) in [6.45, 7) is 2.83. The fraction of sp³-hybridized carbons (Fsp3) is 0.545. The van der Waals surface area contributed by atoms with E-state index < -0.39 is 5.97 Å². The van der Waals surface area contributed by atoms with E-state index in [2.05, 4.69) is 28.4 Å². The third-order valence-corrected chi connectivity index (χ3v) is 1.78. The number of hydrazine groups is 1. The Morgan fingerprint density at radius 1 is 1.47 bits per heavy atom. The van der Waals surface area contributed by atoms with Gasteiger partial charge in [0, 0.05) is 26.7 Å². The maximum Gasteiger partial charge on any atom is 0.303 e. The lowest BCUT2D eigenvalue weighted by atomic mass is 10.4. The fourth-order valence-electron chi connectivity index (χ4n) is 0.968. The van der Waals surface area contributed by atoms with Gasteiger partial charge < -0.3 is 10.1 Å². The van der Waals surface area contributed by atoms with Crippen molar-refractivity contribution in [2.24, 2.45) is 0 Å². The molecule has 1 N–H and O–H groups in total. The van der Waals surface area contributed by atoms with Gasteiger partial charge in [0.05, 0.1) is 6.54 Å². The van der Waals surface area contributed by atoms with Crippen LogP contribution in [0.1, 0.15) is 19.8 Å². The molecule has 1 aliphatic heterocycles. The number of nitrogens with zero attached hydrogens (tertiary/aromatic N) is 2. The van der Waals surface area contributed by atoms with Crippen molar-refractivity contribution in [1.29, 1.82) is 0 Å². The Hall–Kier alpha value is -1.29. The number of rotatable bonds is 3. The highest BCUT2D eigenvalue weighted by Crippen LogP contribution is 1.98. The molecule has 0 fully saturated rings. The van der Waals surface area contributed by atoms with E-state index in [0.29, 0.717) is 6.42 Å². The topological polar surface area (TPSA) is 43.8 Å². The molecule has 0 aromatic heterocycles. The maximum absolute atomic E-state index is 9.60. The third kappa shape index (κ3) is 7.76. The normalized spacial score (nSPS) is 13.7. The lowest BCUT2D eigenvalue weighted by Crippen LogP contribution is -2.32. The molecule has 0 aromatic carbocycles. The summed E-state index contributed by atoms with van der Waals surface area (Å²) in [6, 6.07) is 0. The van der Waals surface area contributed by atoms with E-state index in [1.807, 2.05) is 27.1 Å². The molecule has 0 saturated carbocycles. The Balaban J connectivity index is 0.000000288. The molecule has 4 heteroatoms. The highest BCUT2D eigenvalue weighted by Gasteiger charge is 1.98. The van der Waals surface area contributed by atoms with Gasteiger partial charge >= 0.3 is 5.97 Å². The van der Waals surface area contributed by atoms with Gasteiger partial charge in [0.2, 0.25) is 0 Å². The van der Waals surface area contributed by atoms with Crippen LogP contribution in [0.5, 0.6) is 0 Å². The molecule has 0 atom stereocenters. The Kier molecular flexibility index (Phi) is 7.36. The van der Waals surface area contributed by atoms with Crippen LogP contribution in [0.2, 0.25) is 0 Å². The van der Waals surface area contributed by atoms with E-state index in [-0.39, 0.29) is 0 Å². The molecule has 1 rings (SSSR count). The smallest absolute Gasteiger partial charge is 0.303 e. The van der Waals surface area contributed by atoms with Gasteiger partial charge in [0.25, 0.3) is 0 Å². The second-order valence-electron chi connectivity index (χ2n) is 3.38. The molecule has 0 aliphatic carbocycles. The van der Waals surface area contributed by atoms with Crippen LogP contribution in [0.3, 0.4) is 0 Å². The summed E-state index contributed by atoms with van der Waals surface area (Å²) in [5.41, 5.74) is 0. The van der Waals surface area contributed by atoms with Crippen LogP contribution in [0.25, 0.3) is 0 Å². The lowest BCUT2D eigenvalue weighted by molar-refractivity contribution is -0.137. The number of allylic oxidation sites excluding steroid dienone is 2. The van der Waals surface area contributed by atoms with E-state index in [9.17, 15) is 4.79 Å². The molecule has 0 unspecified atom stereocenters. The number of hydrogen-bond acceptors (Lipinski definition) is 3. The average Bonchev–Trinajstić information content (AvgIpc) is 2.20. The molecule has 15 heavy (non-hydrogen) atoms. The summed E-state index contributed by atoms with van der Waals surface area (Å²) in [7, 11) is 4.06. The van der Waals surface area contributed by atoms with Crippen LogP contribution in [-0.2, 0) is 4.79 Å². The second kappa shape index (κ2) is 8.05. The van der Waals surface area contributed by atoms with Crippen LogP contribution in [0.4, 0.5) is 0 Å². The first-order valence-corrected chi connectivity index (χ1v) is 5.07. The third-order valence-electron chi connectivity index (χ3n) is 1.78. The van der Waals surface area contributed by atoms with Gasteiger partial charge in [-0.2, -0.15) is 0 Å². The first-order chi connectivity index (χ1) is 7.07. The average molecular weight is 212 g/mol. The molecule has 0 bridgehead atoms. The molecule has 4 nitrogen and oxygen atoms in total. The molecule has 0 radical (unpaired) electrons.